The molecule has 6 atom stereocenters. The van der Waals surface area contributed by atoms with E-state index in [0.717, 1.165) is 77.0 Å². The van der Waals surface area contributed by atoms with Crippen LogP contribution in [0.4, 0.5) is 0 Å². The third-order valence-electron chi connectivity index (χ3n) is 9.99. The number of carbonyl (C=O) groups is 1. The standard InChI is InChI=1S/C43H79O12P/c1-3-5-7-9-11-13-15-17-19-20-22-24-26-28-30-32-37(44)54-36(34-52-33-31-29-27-25-23-21-18-16-14-12-10-8-6-4-2)35-53-56(50,51)55-43-41(48)39(46)38(45)40(47)42(43)49/h11,13-14,16-17,19,36,38-43,45-49H,3-10,12,15,18,20-35H2,1-2H3,(H,50,51)/b13-11-,16-14-,19-17-. The van der Waals surface area contributed by atoms with Crippen molar-refractivity contribution in [1.82, 2.24) is 0 Å². The Morgan fingerprint density at radius 2 is 1.00 bits per heavy atom. The van der Waals surface area contributed by atoms with Crippen LogP contribution in [0.1, 0.15) is 168 Å². The van der Waals surface area contributed by atoms with E-state index in [1.807, 2.05) is 0 Å². The number of unbranched alkanes of at least 4 members (excludes halogenated alkanes) is 18. The molecule has 1 rings (SSSR count). The van der Waals surface area contributed by atoms with Crippen molar-refractivity contribution in [2.45, 2.75) is 211 Å². The molecule has 0 aromatic rings. The second kappa shape index (κ2) is 34.4. The number of phosphoric ester groups is 1. The number of allylic oxidation sites excluding steroid dienone is 6. The third-order valence-corrected chi connectivity index (χ3v) is 11.0. The first-order chi connectivity index (χ1) is 27.0. The summed E-state index contributed by atoms with van der Waals surface area (Å²) in [6.45, 7) is 4.18. The van der Waals surface area contributed by atoms with Crippen molar-refractivity contribution in [2.24, 2.45) is 0 Å². The number of hydrogen-bond donors (Lipinski definition) is 6. The van der Waals surface area contributed by atoms with Crippen molar-refractivity contribution >= 4 is 13.8 Å². The largest absolute Gasteiger partial charge is 0.472 e. The Morgan fingerprint density at radius 1 is 0.571 bits per heavy atom. The van der Waals surface area contributed by atoms with Gasteiger partial charge in [-0.15, -0.1) is 0 Å². The molecule has 1 saturated carbocycles. The normalized spacial score (nSPS) is 23.4. The fourth-order valence-electron chi connectivity index (χ4n) is 6.44. The lowest BCUT2D eigenvalue weighted by molar-refractivity contribution is -0.220. The van der Waals surface area contributed by atoms with Gasteiger partial charge in [0.05, 0.1) is 13.2 Å². The van der Waals surface area contributed by atoms with Gasteiger partial charge in [-0.2, -0.15) is 0 Å². The van der Waals surface area contributed by atoms with Crippen molar-refractivity contribution in [3.05, 3.63) is 36.5 Å². The summed E-state index contributed by atoms with van der Waals surface area (Å²) in [7, 11) is -5.02. The number of hydrogen-bond acceptors (Lipinski definition) is 11. The lowest BCUT2D eigenvalue weighted by atomic mass is 9.85. The Kier molecular flexibility index (Phi) is 32.3. The van der Waals surface area contributed by atoms with Crippen LogP contribution >= 0.6 is 7.82 Å². The quantitative estimate of drug-likeness (QED) is 0.0154. The van der Waals surface area contributed by atoms with Crippen molar-refractivity contribution in [3.8, 4) is 0 Å². The lowest BCUT2D eigenvalue weighted by Gasteiger charge is -2.41. The number of ether oxygens (including phenoxy) is 2. The van der Waals surface area contributed by atoms with Crippen LogP contribution in [0.2, 0.25) is 0 Å². The van der Waals surface area contributed by atoms with Gasteiger partial charge in [-0.3, -0.25) is 13.8 Å². The average Bonchev–Trinajstić information content (AvgIpc) is 3.18. The van der Waals surface area contributed by atoms with Gasteiger partial charge in [0.1, 0.15) is 42.7 Å². The Hall–Kier alpha value is -1.44. The summed E-state index contributed by atoms with van der Waals surface area (Å²) in [5.41, 5.74) is 0. The lowest BCUT2D eigenvalue weighted by Crippen LogP contribution is -2.64. The molecule has 56 heavy (non-hydrogen) atoms. The minimum Gasteiger partial charge on any atom is -0.457 e. The summed E-state index contributed by atoms with van der Waals surface area (Å²) in [4.78, 5) is 23.1. The van der Waals surface area contributed by atoms with Crippen LogP contribution in [0.25, 0.3) is 0 Å². The van der Waals surface area contributed by atoms with Crippen LogP contribution in [0.15, 0.2) is 36.5 Å². The van der Waals surface area contributed by atoms with E-state index in [0.29, 0.717) is 13.0 Å². The smallest absolute Gasteiger partial charge is 0.457 e. The van der Waals surface area contributed by atoms with Crippen molar-refractivity contribution in [1.29, 1.82) is 0 Å². The molecule has 1 aliphatic carbocycles. The summed E-state index contributed by atoms with van der Waals surface area (Å²) in [6, 6.07) is 0. The van der Waals surface area contributed by atoms with Crippen LogP contribution in [-0.2, 0) is 27.9 Å². The van der Waals surface area contributed by atoms with E-state index in [-0.39, 0.29) is 13.0 Å². The van der Waals surface area contributed by atoms with E-state index in [2.05, 4.69) is 50.3 Å². The Balaban J connectivity index is 2.45. The van der Waals surface area contributed by atoms with Gasteiger partial charge in [-0.25, -0.2) is 4.57 Å². The molecule has 0 aromatic carbocycles. The molecule has 0 heterocycles. The van der Waals surface area contributed by atoms with Crippen LogP contribution < -0.4 is 0 Å². The molecule has 1 aliphatic rings. The predicted octanol–water partition coefficient (Wildman–Crippen LogP) is 8.31. The summed E-state index contributed by atoms with van der Waals surface area (Å²) in [5.74, 6) is -0.494. The minimum atomic E-state index is -5.02. The molecule has 0 aromatic heterocycles. The van der Waals surface area contributed by atoms with Gasteiger partial charge in [0.25, 0.3) is 0 Å². The Morgan fingerprint density at radius 3 is 1.55 bits per heavy atom. The number of carbonyl (C=O) groups excluding carboxylic acids is 1. The monoisotopic (exact) mass is 819 g/mol. The molecule has 0 spiro atoms. The highest BCUT2D eigenvalue weighted by atomic mass is 31.2. The zero-order valence-corrected chi connectivity index (χ0v) is 35.6. The van der Waals surface area contributed by atoms with Crippen molar-refractivity contribution < 1.29 is 58.3 Å². The highest BCUT2D eigenvalue weighted by molar-refractivity contribution is 7.47. The van der Waals surface area contributed by atoms with E-state index >= 15 is 0 Å². The molecule has 0 radical (unpaired) electrons. The van der Waals surface area contributed by atoms with Gasteiger partial charge in [-0.1, -0.05) is 127 Å². The van der Waals surface area contributed by atoms with Crippen LogP contribution in [0, 0.1) is 0 Å². The molecule has 1 fully saturated rings. The topological polar surface area (TPSA) is 192 Å². The number of aliphatic hydroxyl groups excluding tert-OH is 5. The van der Waals surface area contributed by atoms with Crippen molar-refractivity contribution in [3.63, 3.8) is 0 Å². The molecule has 12 nitrogen and oxygen atoms in total. The number of rotatable bonds is 36. The van der Waals surface area contributed by atoms with Crippen molar-refractivity contribution in [2.75, 3.05) is 19.8 Å². The molecule has 0 bridgehead atoms. The fraction of sp³-hybridized carbons (Fsp3) is 0.837. The fourth-order valence-corrected chi connectivity index (χ4v) is 7.41. The van der Waals surface area contributed by atoms with E-state index < -0.39 is 63.1 Å². The molecule has 0 amide bonds. The Labute approximate surface area is 338 Å². The second-order valence-electron chi connectivity index (χ2n) is 15.2. The first-order valence-electron chi connectivity index (χ1n) is 21.8. The highest BCUT2D eigenvalue weighted by Gasteiger charge is 2.51. The molecule has 13 heteroatoms. The van der Waals surface area contributed by atoms with E-state index in [1.54, 1.807) is 0 Å². The molecule has 328 valence electrons. The van der Waals surface area contributed by atoms with Gasteiger partial charge in [0, 0.05) is 13.0 Å². The van der Waals surface area contributed by atoms with Crippen LogP contribution in [0.5, 0.6) is 0 Å². The predicted molar refractivity (Wildman–Crippen MR) is 221 cm³/mol. The molecule has 6 N–H and O–H groups in total. The summed E-state index contributed by atoms with van der Waals surface area (Å²) in [6.07, 6.45) is 26.4. The van der Waals surface area contributed by atoms with E-state index in [4.69, 9.17) is 18.5 Å². The number of aliphatic hydroxyl groups is 5. The van der Waals surface area contributed by atoms with E-state index in [9.17, 15) is 39.8 Å². The summed E-state index contributed by atoms with van der Waals surface area (Å²) >= 11 is 0. The zero-order valence-electron chi connectivity index (χ0n) is 34.7. The first kappa shape index (κ1) is 52.6. The van der Waals surface area contributed by atoms with Gasteiger partial charge in [0.2, 0.25) is 0 Å². The maximum atomic E-state index is 12.8. The second-order valence-corrected chi connectivity index (χ2v) is 16.6. The molecular weight excluding hydrogens is 739 g/mol. The zero-order chi connectivity index (χ0) is 41.3. The van der Waals surface area contributed by atoms with Crippen LogP contribution in [-0.4, -0.2) is 98.9 Å². The van der Waals surface area contributed by atoms with Gasteiger partial charge in [-0.05, 0) is 70.6 Å². The summed E-state index contributed by atoms with van der Waals surface area (Å²) < 4.78 is 34.1. The number of esters is 1. The molecule has 0 aliphatic heterocycles. The first-order valence-corrected chi connectivity index (χ1v) is 23.3. The van der Waals surface area contributed by atoms with Gasteiger partial charge in [0.15, 0.2) is 0 Å². The molecule has 6 unspecified atom stereocenters. The Bertz CT molecular complexity index is 1070. The third kappa shape index (κ3) is 26.5. The maximum Gasteiger partial charge on any atom is 0.472 e. The minimum absolute atomic E-state index is 0.0863. The maximum absolute atomic E-state index is 12.8. The van der Waals surface area contributed by atoms with Gasteiger partial charge >= 0.3 is 13.8 Å². The van der Waals surface area contributed by atoms with E-state index in [1.165, 1.54) is 64.2 Å². The highest BCUT2D eigenvalue weighted by Crippen LogP contribution is 2.47. The van der Waals surface area contributed by atoms with Gasteiger partial charge < -0.3 is 39.9 Å². The number of phosphoric acid groups is 1. The SMILES string of the molecule is CCCCC/C=C\C/C=C\CCCCCCCC(=O)OC(COCCCCCCCC/C=C\CCCCCC)COP(=O)(O)OC1C(O)C(O)C(O)C(O)C1O. The summed E-state index contributed by atoms with van der Waals surface area (Å²) in [5, 5.41) is 50.1. The molecular formula is C43H79O12P. The average molecular weight is 819 g/mol. The van der Waals surface area contributed by atoms with Crippen LogP contribution in [0.3, 0.4) is 0 Å². The molecule has 0 saturated heterocycles.